The Morgan fingerprint density at radius 3 is 2.93 bits per heavy atom. The fraction of sp³-hybridized carbons (Fsp3) is 0.565. The second kappa shape index (κ2) is 10.9. The summed E-state index contributed by atoms with van der Waals surface area (Å²) in [5.41, 5.74) is 3.81. The number of hydrogen-bond acceptors (Lipinski definition) is 4. The molecule has 7 heteroatoms. The van der Waals surface area contributed by atoms with E-state index in [1.165, 1.54) is 5.56 Å². The summed E-state index contributed by atoms with van der Waals surface area (Å²) in [6.07, 6.45) is 3.13. The van der Waals surface area contributed by atoms with Crippen molar-refractivity contribution in [2.45, 2.75) is 52.7 Å². The van der Waals surface area contributed by atoms with E-state index in [0.29, 0.717) is 30.4 Å². The summed E-state index contributed by atoms with van der Waals surface area (Å²) in [6.45, 7) is 10.2. The maximum atomic E-state index is 12.8. The highest BCUT2D eigenvalue weighted by atomic mass is 32.1. The molecule has 0 bridgehead atoms. The van der Waals surface area contributed by atoms with Gasteiger partial charge in [0.05, 0.1) is 18.2 Å². The quantitative estimate of drug-likeness (QED) is 0.468. The maximum Gasteiger partial charge on any atom is 0.253 e. The second-order valence-electron chi connectivity index (χ2n) is 7.97. The number of benzene rings is 1. The van der Waals surface area contributed by atoms with Crippen molar-refractivity contribution in [3.63, 3.8) is 0 Å². The Morgan fingerprint density at radius 1 is 1.37 bits per heavy atom. The monoisotopic (exact) mass is 431 g/mol. The molecule has 2 aromatic rings. The van der Waals surface area contributed by atoms with Gasteiger partial charge in [-0.05, 0) is 75.3 Å². The molecule has 164 valence electrons. The fourth-order valence-corrected chi connectivity index (χ4v) is 4.18. The predicted molar refractivity (Wildman–Crippen MR) is 125 cm³/mol. The molecule has 6 nitrogen and oxygen atoms in total. The van der Waals surface area contributed by atoms with Gasteiger partial charge in [-0.2, -0.15) is 0 Å². The van der Waals surface area contributed by atoms with Gasteiger partial charge in [0.15, 0.2) is 5.11 Å². The standard InChI is InChI=1S/C23H33N3O3S/c1-4-28-9-6-8-24-23(30)26(15-20-7-5-10-29-20)14-19-13-18-12-16(2)11-17(3)21(18)25-22(19)27/h11-13,20H,4-10,14-15H2,1-3H3,(H,24,30)(H,25,27)/t20-/m0/s1. The van der Waals surface area contributed by atoms with Crippen LogP contribution in [0.4, 0.5) is 0 Å². The van der Waals surface area contributed by atoms with Gasteiger partial charge in [-0.15, -0.1) is 0 Å². The Morgan fingerprint density at radius 2 is 2.20 bits per heavy atom. The predicted octanol–water partition coefficient (Wildman–Crippen LogP) is 3.43. The molecule has 1 aromatic heterocycles. The lowest BCUT2D eigenvalue weighted by atomic mass is 10.1. The van der Waals surface area contributed by atoms with Gasteiger partial charge in [0.2, 0.25) is 0 Å². The van der Waals surface area contributed by atoms with Crippen molar-refractivity contribution in [2.75, 3.05) is 32.9 Å². The normalized spacial score (nSPS) is 16.2. The maximum absolute atomic E-state index is 12.8. The minimum atomic E-state index is -0.0639. The molecule has 30 heavy (non-hydrogen) atoms. The minimum absolute atomic E-state index is 0.0639. The van der Waals surface area contributed by atoms with Crippen molar-refractivity contribution in [1.82, 2.24) is 15.2 Å². The first-order valence-corrected chi connectivity index (χ1v) is 11.2. The number of thiocarbonyl (C=S) groups is 1. The zero-order valence-corrected chi connectivity index (χ0v) is 19.1. The summed E-state index contributed by atoms with van der Waals surface area (Å²) < 4.78 is 11.2. The fourth-order valence-electron chi connectivity index (χ4n) is 3.93. The number of pyridine rings is 1. The number of rotatable bonds is 9. The highest BCUT2D eigenvalue weighted by Gasteiger charge is 2.22. The topological polar surface area (TPSA) is 66.6 Å². The molecule has 0 amide bonds. The molecular weight excluding hydrogens is 398 g/mol. The van der Waals surface area contributed by atoms with Crippen LogP contribution in [0.5, 0.6) is 0 Å². The largest absolute Gasteiger partial charge is 0.382 e. The Hall–Kier alpha value is -1.96. The number of fused-ring (bicyclic) bond motifs is 1. The lowest BCUT2D eigenvalue weighted by Crippen LogP contribution is -2.44. The van der Waals surface area contributed by atoms with E-state index in [0.717, 1.165) is 55.5 Å². The number of aromatic amines is 1. The van der Waals surface area contributed by atoms with Gasteiger partial charge < -0.3 is 24.7 Å². The van der Waals surface area contributed by atoms with E-state index in [-0.39, 0.29) is 11.7 Å². The highest BCUT2D eigenvalue weighted by Crippen LogP contribution is 2.19. The van der Waals surface area contributed by atoms with E-state index in [2.05, 4.69) is 34.3 Å². The third kappa shape index (κ3) is 6.03. The number of nitrogens with zero attached hydrogens (tertiary/aromatic N) is 1. The lowest BCUT2D eigenvalue weighted by molar-refractivity contribution is 0.0896. The first kappa shape index (κ1) is 22.7. The molecule has 1 aliphatic heterocycles. The molecule has 1 saturated heterocycles. The van der Waals surface area contributed by atoms with Gasteiger partial charge in [-0.1, -0.05) is 11.6 Å². The van der Waals surface area contributed by atoms with Crippen molar-refractivity contribution < 1.29 is 9.47 Å². The Balaban J connectivity index is 1.76. The van der Waals surface area contributed by atoms with Crippen LogP contribution in [0.2, 0.25) is 0 Å². The van der Waals surface area contributed by atoms with E-state index in [1.807, 2.05) is 19.9 Å². The van der Waals surface area contributed by atoms with E-state index in [4.69, 9.17) is 21.7 Å². The van der Waals surface area contributed by atoms with Crippen LogP contribution < -0.4 is 10.9 Å². The van der Waals surface area contributed by atoms with Crippen molar-refractivity contribution in [3.05, 3.63) is 45.2 Å². The molecule has 1 fully saturated rings. The van der Waals surface area contributed by atoms with E-state index in [1.54, 1.807) is 0 Å². The molecule has 0 radical (unpaired) electrons. The van der Waals surface area contributed by atoms with Crippen molar-refractivity contribution >= 4 is 28.2 Å². The summed E-state index contributed by atoms with van der Waals surface area (Å²) in [6, 6.07) is 6.19. The SMILES string of the molecule is CCOCCCNC(=S)N(Cc1cc2cc(C)cc(C)c2[nH]c1=O)C[C@@H]1CCCO1. The zero-order valence-electron chi connectivity index (χ0n) is 18.3. The molecule has 2 heterocycles. The summed E-state index contributed by atoms with van der Waals surface area (Å²) in [4.78, 5) is 17.9. The molecule has 2 N–H and O–H groups in total. The van der Waals surface area contributed by atoms with Crippen LogP contribution in [0.15, 0.2) is 23.0 Å². The van der Waals surface area contributed by atoms with Crippen LogP contribution in [0.25, 0.3) is 10.9 Å². The molecule has 1 atom stereocenters. The van der Waals surface area contributed by atoms with Crippen molar-refractivity contribution in [1.29, 1.82) is 0 Å². The van der Waals surface area contributed by atoms with Gasteiger partial charge in [0, 0.05) is 38.5 Å². The van der Waals surface area contributed by atoms with Crippen molar-refractivity contribution in [2.24, 2.45) is 0 Å². The van der Waals surface area contributed by atoms with Crippen LogP contribution in [-0.2, 0) is 16.0 Å². The summed E-state index contributed by atoms with van der Waals surface area (Å²) >= 11 is 5.67. The number of aryl methyl sites for hydroxylation is 2. The number of H-pyrrole nitrogens is 1. The van der Waals surface area contributed by atoms with E-state index < -0.39 is 0 Å². The molecular formula is C23H33N3O3S. The summed E-state index contributed by atoms with van der Waals surface area (Å²) in [5.74, 6) is 0. The van der Waals surface area contributed by atoms with E-state index in [9.17, 15) is 4.79 Å². The Kier molecular flexibility index (Phi) is 8.24. The van der Waals surface area contributed by atoms with Gasteiger partial charge >= 0.3 is 0 Å². The Labute approximate surface area is 183 Å². The third-order valence-corrected chi connectivity index (χ3v) is 5.82. The van der Waals surface area contributed by atoms with Gasteiger partial charge in [0.1, 0.15) is 0 Å². The highest BCUT2D eigenvalue weighted by molar-refractivity contribution is 7.80. The number of nitrogens with one attached hydrogen (secondary N) is 2. The average Bonchev–Trinajstić information content (AvgIpc) is 3.21. The van der Waals surface area contributed by atoms with Crippen LogP contribution in [0.3, 0.4) is 0 Å². The van der Waals surface area contributed by atoms with Gasteiger partial charge in [-0.3, -0.25) is 4.79 Å². The zero-order chi connectivity index (χ0) is 21.5. The third-order valence-electron chi connectivity index (χ3n) is 5.41. The van der Waals surface area contributed by atoms with E-state index >= 15 is 0 Å². The first-order valence-electron chi connectivity index (χ1n) is 10.8. The molecule has 1 aromatic carbocycles. The molecule has 3 rings (SSSR count). The molecule has 1 aliphatic rings. The van der Waals surface area contributed by atoms with Crippen molar-refractivity contribution in [3.8, 4) is 0 Å². The first-order chi connectivity index (χ1) is 14.5. The summed E-state index contributed by atoms with van der Waals surface area (Å²) in [7, 11) is 0. The van der Waals surface area contributed by atoms with Crippen LogP contribution >= 0.6 is 12.2 Å². The van der Waals surface area contributed by atoms with Crippen LogP contribution in [0, 0.1) is 13.8 Å². The number of ether oxygens (including phenoxy) is 2. The molecule has 0 spiro atoms. The molecule has 0 unspecified atom stereocenters. The van der Waals surface area contributed by atoms with Gasteiger partial charge in [0.25, 0.3) is 5.56 Å². The smallest absolute Gasteiger partial charge is 0.253 e. The van der Waals surface area contributed by atoms with Gasteiger partial charge in [-0.25, -0.2) is 0 Å². The molecule has 0 aliphatic carbocycles. The Bertz CT molecular complexity index is 922. The molecule has 0 saturated carbocycles. The number of aromatic nitrogens is 1. The van der Waals surface area contributed by atoms with Crippen LogP contribution in [0.1, 0.15) is 42.9 Å². The second-order valence-corrected chi connectivity index (χ2v) is 8.35. The van der Waals surface area contributed by atoms with Crippen LogP contribution in [-0.4, -0.2) is 54.0 Å². The summed E-state index contributed by atoms with van der Waals surface area (Å²) in [5, 5.41) is 5.03. The minimum Gasteiger partial charge on any atom is -0.382 e. The lowest BCUT2D eigenvalue weighted by Gasteiger charge is -2.28. The number of hydrogen-bond donors (Lipinski definition) is 2. The average molecular weight is 432 g/mol.